The smallest absolute Gasteiger partial charge is 0.307 e. The van der Waals surface area contributed by atoms with Gasteiger partial charge in [-0.05, 0) is 46.0 Å². The van der Waals surface area contributed by atoms with Crippen LogP contribution in [0.5, 0.6) is 0 Å². The van der Waals surface area contributed by atoms with Crippen LogP contribution in [-0.4, -0.2) is 34.0 Å². The van der Waals surface area contributed by atoms with E-state index >= 15 is 0 Å². The van der Waals surface area contributed by atoms with Crippen molar-refractivity contribution >= 4 is 11.9 Å². The highest BCUT2D eigenvalue weighted by Gasteiger charge is 2.45. The number of carbonyl (C=O) groups is 2. The Bertz CT molecular complexity index is 323. The summed E-state index contributed by atoms with van der Waals surface area (Å²) < 4.78 is 0. The van der Waals surface area contributed by atoms with E-state index in [0.717, 1.165) is 19.3 Å². The third-order valence-corrected chi connectivity index (χ3v) is 4.19. The first-order valence-electron chi connectivity index (χ1n) is 6.57. The maximum atomic E-state index is 12.4. The van der Waals surface area contributed by atoms with E-state index in [1.165, 1.54) is 6.42 Å². The van der Waals surface area contributed by atoms with E-state index in [2.05, 4.69) is 0 Å². The predicted octanol–water partition coefficient (Wildman–Crippen LogP) is 1.89. The van der Waals surface area contributed by atoms with E-state index in [1.807, 2.05) is 18.7 Å². The standard InChI is InChI=1S/C13H21NO3/c1-8(2)14(9-4-3-5-9)12(15)10-6-7-11(10)13(16)17/h8-11H,3-7H2,1-2H3,(H,16,17). The van der Waals surface area contributed by atoms with Gasteiger partial charge in [0.2, 0.25) is 5.91 Å². The second-order valence-electron chi connectivity index (χ2n) is 5.55. The molecule has 1 N–H and O–H groups in total. The zero-order chi connectivity index (χ0) is 12.6. The summed E-state index contributed by atoms with van der Waals surface area (Å²) in [4.78, 5) is 25.3. The van der Waals surface area contributed by atoms with Gasteiger partial charge in [-0.15, -0.1) is 0 Å². The van der Waals surface area contributed by atoms with Crippen molar-refractivity contribution in [1.82, 2.24) is 4.90 Å². The molecule has 0 aromatic heterocycles. The summed E-state index contributed by atoms with van der Waals surface area (Å²) in [5, 5.41) is 9.01. The fourth-order valence-corrected chi connectivity index (χ4v) is 2.80. The number of rotatable bonds is 4. The summed E-state index contributed by atoms with van der Waals surface area (Å²) in [6.07, 6.45) is 4.74. The fourth-order valence-electron chi connectivity index (χ4n) is 2.80. The Morgan fingerprint density at radius 3 is 2.00 bits per heavy atom. The average Bonchev–Trinajstić information content (AvgIpc) is 2.06. The highest BCUT2D eigenvalue weighted by Crippen LogP contribution is 2.38. The Morgan fingerprint density at radius 2 is 1.71 bits per heavy atom. The summed E-state index contributed by atoms with van der Waals surface area (Å²) in [6.45, 7) is 4.04. The van der Waals surface area contributed by atoms with Crippen LogP contribution < -0.4 is 0 Å². The lowest BCUT2D eigenvalue weighted by Crippen LogP contribution is -2.54. The number of aliphatic carboxylic acids is 1. The van der Waals surface area contributed by atoms with Gasteiger partial charge in [-0.2, -0.15) is 0 Å². The van der Waals surface area contributed by atoms with E-state index in [0.29, 0.717) is 12.5 Å². The van der Waals surface area contributed by atoms with Crippen molar-refractivity contribution in [2.24, 2.45) is 11.8 Å². The number of nitrogens with zero attached hydrogens (tertiary/aromatic N) is 1. The molecular formula is C13H21NO3. The largest absolute Gasteiger partial charge is 0.481 e. The van der Waals surface area contributed by atoms with Crippen LogP contribution in [0, 0.1) is 11.8 Å². The minimum Gasteiger partial charge on any atom is -0.481 e. The lowest BCUT2D eigenvalue weighted by Gasteiger charge is -2.45. The topological polar surface area (TPSA) is 57.6 Å². The molecule has 0 spiro atoms. The highest BCUT2D eigenvalue weighted by molar-refractivity contribution is 5.86. The molecule has 2 fully saturated rings. The van der Waals surface area contributed by atoms with Gasteiger partial charge < -0.3 is 10.0 Å². The van der Waals surface area contributed by atoms with Crippen LogP contribution in [0.25, 0.3) is 0 Å². The second-order valence-corrected chi connectivity index (χ2v) is 5.55. The summed E-state index contributed by atoms with van der Waals surface area (Å²) in [6, 6.07) is 0.542. The van der Waals surface area contributed by atoms with E-state index < -0.39 is 11.9 Å². The summed E-state index contributed by atoms with van der Waals surface area (Å²) in [5.41, 5.74) is 0. The van der Waals surface area contributed by atoms with Crippen molar-refractivity contribution in [1.29, 1.82) is 0 Å². The first-order chi connectivity index (χ1) is 8.02. The number of hydrogen-bond acceptors (Lipinski definition) is 2. The molecule has 2 aliphatic carbocycles. The van der Waals surface area contributed by atoms with Crippen LogP contribution in [0.3, 0.4) is 0 Å². The molecule has 2 rings (SSSR count). The third-order valence-electron chi connectivity index (χ3n) is 4.19. The average molecular weight is 239 g/mol. The number of carboxylic acids is 1. The molecule has 0 aliphatic heterocycles. The van der Waals surface area contributed by atoms with Gasteiger partial charge in [-0.1, -0.05) is 0 Å². The van der Waals surface area contributed by atoms with Gasteiger partial charge in [-0.3, -0.25) is 9.59 Å². The number of amides is 1. The van der Waals surface area contributed by atoms with Crippen LogP contribution in [0.2, 0.25) is 0 Å². The minimum atomic E-state index is -0.813. The molecule has 2 saturated carbocycles. The normalized spacial score (nSPS) is 28.4. The van der Waals surface area contributed by atoms with Crippen LogP contribution in [0.15, 0.2) is 0 Å². The van der Waals surface area contributed by atoms with Gasteiger partial charge in [0.05, 0.1) is 11.8 Å². The van der Waals surface area contributed by atoms with Crippen LogP contribution in [-0.2, 0) is 9.59 Å². The molecule has 1 amide bonds. The van der Waals surface area contributed by atoms with Crippen molar-refractivity contribution < 1.29 is 14.7 Å². The molecule has 2 unspecified atom stereocenters. The first kappa shape index (κ1) is 12.4. The molecule has 2 aliphatic rings. The zero-order valence-corrected chi connectivity index (χ0v) is 10.6. The molecule has 0 aromatic carbocycles. The van der Waals surface area contributed by atoms with Crippen LogP contribution >= 0.6 is 0 Å². The highest BCUT2D eigenvalue weighted by atomic mass is 16.4. The van der Waals surface area contributed by atoms with Crippen molar-refractivity contribution in [3.63, 3.8) is 0 Å². The maximum Gasteiger partial charge on any atom is 0.307 e. The van der Waals surface area contributed by atoms with Gasteiger partial charge in [-0.25, -0.2) is 0 Å². The van der Waals surface area contributed by atoms with Crippen LogP contribution in [0.4, 0.5) is 0 Å². The number of carbonyl (C=O) groups excluding carboxylic acids is 1. The van der Waals surface area contributed by atoms with E-state index in [4.69, 9.17) is 5.11 Å². The molecule has 0 radical (unpaired) electrons. The molecule has 4 nitrogen and oxygen atoms in total. The molecule has 4 heteroatoms. The van der Waals surface area contributed by atoms with Gasteiger partial charge in [0, 0.05) is 12.1 Å². The Labute approximate surface area is 102 Å². The molecule has 0 bridgehead atoms. The van der Waals surface area contributed by atoms with Crippen molar-refractivity contribution in [3.05, 3.63) is 0 Å². The SMILES string of the molecule is CC(C)N(C(=O)C1CCC1C(=O)O)C1CCC1. The molecule has 17 heavy (non-hydrogen) atoms. The molecule has 96 valence electrons. The summed E-state index contributed by atoms with van der Waals surface area (Å²) in [5.74, 6) is -1.45. The predicted molar refractivity (Wildman–Crippen MR) is 63.5 cm³/mol. The molecule has 0 saturated heterocycles. The van der Waals surface area contributed by atoms with Crippen molar-refractivity contribution in [2.75, 3.05) is 0 Å². The monoisotopic (exact) mass is 239 g/mol. The second kappa shape index (κ2) is 4.67. The molecule has 0 heterocycles. The third kappa shape index (κ3) is 2.17. The van der Waals surface area contributed by atoms with Gasteiger partial charge in [0.25, 0.3) is 0 Å². The van der Waals surface area contributed by atoms with Crippen molar-refractivity contribution in [3.8, 4) is 0 Å². The van der Waals surface area contributed by atoms with Gasteiger partial charge >= 0.3 is 5.97 Å². The maximum absolute atomic E-state index is 12.4. The Hall–Kier alpha value is -1.06. The molecule has 2 atom stereocenters. The Balaban J connectivity index is 2.03. The van der Waals surface area contributed by atoms with E-state index in [1.54, 1.807) is 0 Å². The van der Waals surface area contributed by atoms with E-state index in [9.17, 15) is 9.59 Å². The van der Waals surface area contributed by atoms with Gasteiger partial charge in [0.15, 0.2) is 0 Å². The molecule has 0 aromatic rings. The minimum absolute atomic E-state index is 0.0725. The molecular weight excluding hydrogens is 218 g/mol. The Morgan fingerprint density at radius 1 is 1.12 bits per heavy atom. The summed E-state index contributed by atoms with van der Waals surface area (Å²) >= 11 is 0. The number of hydrogen-bond donors (Lipinski definition) is 1. The fraction of sp³-hybridized carbons (Fsp3) is 0.846. The quantitative estimate of drug-likeness (QED) is 0.815. The van der Waals surface area contributed by atoms with Gasteiger partial charge in [0.1, 0.15) is 0 Å². The lowest BCUT2D eigenvalue weighted by molar-refractivity contribution is -0.159. The first-order valence-corrected chi connectivity index (χ1v) is 6.57. The van der Waals surface area contributed by atoms with Crippen LogP contribution in [0.1, 0.15) is 46.0 Å². The van der Waals surface area contributed by atoms with Crippen molar-refractivity contribution in [2.45, 2.75) is 58.0 Å². The lowest BCUT2D eigenvalue weighted by atomic mass is 9.72. The summed E-state index contributed by atoms with van der Waals surface area (Å²) in [7, 11) is 0. The zero-order valence-electron chi connectivity index (χ0n) is 10.6. The van der Waals surface area contributed by atoms with E-state index in [-0.39, 0.29) is 17.9 Å². The Kier molecular flexibility index (Phi) is 3.40. The number of carboxylic acid groups (broad SMARTS) is 1.